The van der Waals surface area contributed by atoms with E-state index in [1.807, 2.05) is 83.1 Å². The molecule has 0 heterocycles. The van der Waals surface area contributed by atoms with E-state index in [2.05, 4.69) is 0 Å². The SMILES string of the molecule is CC(C)(CCC(C)(C)OOC(=O)c1cc(C(C)(C)C)c(O)c(C(C)(C)C)c1)OOC(=O)c1cc(C(C)(C)C)c(O)c(C(C)(C)C)c1. The lowest BCUT2D eigenvalue weighted by molar-refractivity contribution is -0.325. The molecule has 0 bridgehead atoms. The Morgan fingerprint density at radius 2 is 0.696 bits per heavy atom. The van der Waals surface area contributed by atoms with Gasteiger partial charge in [0.2, 0.25) is 0 Å². The molecule has 0 spiro atoms. The highest BCUT2D eigenvalue weighted by Crippen LogP contribution is 2.41. The van der Waals surface area contributed by atoms with Crippen molar-refractivity contribution in [3.05, 3.63) is 57.6 Å². The molecule has 0 aromatic heterocycles. The molecule has 0 amide bonds. The minimum Gasteiger partial charge on any atom is -0.507 e. The maximum atomic E-state index is 13.1. The van der Waals surface area contributed by atoms with Gasteiger partial charge >= 0.3 is 11.9 Å². The first-order valence-electron chi connectivity index (χ1n) is 16.0. The van der Waals surface area contributed by atoms with Gasteiger partial charge in [-0.25, -0.2) is 9.59 Å². The molecule has 0 aliphatic heterocycles. The summed E-state index contributed by atoms with van der Waals surface area (Å²) in [5, 5.41) is 22.0. The van der Waals surface area contributed by atoms with Gasteiger partial charge in [-0.15, -0.1) is 0 Å². The van der Waals surface area contributed by atoms with Crippen molar-refractivity contribution in [2.75, 3.05) is 0 Å². The minimum atomic E-state index is -0.892. The highest BCUT2D eigenvalue weighted by atomic mass is 17.2. The molecule has 0 unspecified atom stereocenters. The van der Waals surface area contributed by atoms with E-state index >= 15 is 0 Å². The quantitative estimate of drug-likeness (QED) is 0.205. The van der Waals surface area contributed by atoms with Gasteiger partial charge in [-0.1, -0.05) is 83.1 Å². The van der Waals surface area contributed by atoms with E-state index in [0.717, 1.165) is 0 Å². The smallest absolute Gasteiger partial charge is 0.373 e. The second kappa shape index (κ2) is 13.2. The fourth-order valence-electron chi connectivity index (χ4n) is 4.87. The highest BCUT2D eigenvalue weighted by Gasteiger charge is 2.33. The van der Waals surface area contributed by atoms with Gasteiger partial charge in [0.15, 0.2) is 0 Å². The molecule has 0 atom stereocenters. The molecule has 0 aliphatic rings. The zero-order valence-electron chi connectivity index (χ0n) is 31.1. The fraction of sp³-hybridized carbons (Fsp3) is 0.632. The van der Waals surface area contributed by atoms with Gasteiger partial charge in [0.25, 0.3) is 0 Å². The van der Waals surface area contributed by atoms with E-state index < -0.39 is 44.8 Å². The summed E-state index contributed by atoms with van der Waals surface area (Å²) >= 11 is 0. The van der Waals surface area contributed by atoms with Crippen molar-refractivity contribution >= 4 is 11.9 Å². The molecule has 2 aromatic rings. The Kier molecular flexibility index (Phi) is 11.2. The van der Waals surface area contributed by atoms with Crippen LogP contribution in [0.25, 0.3) is 0 Å². The first kappa shape index (κ1) is 39.1. The van der Waals surface area contributed by atoms with Crippen molar-refractivity contribution < 1.29 is 39.4 Å². The van der Waals surface area contributed by atoms with Crippen LogP contribution in [0, 0.1) is 0 Å². The van der Waals surface area contributed by atoms with Gasteiger partial charge in [0.05, 0.1) is 11.1 Å². The number of rotatable bonds is 9. The molecule has 0 aliphatic carbocycles. The maximum absolute atomic E-state index is 13.1. The largest absolute Gasteiger partial charge is 0.507 e. The topological polar surface area (TPSA) is 112 Å². The molecule has 8 nitrogen and oxygen atoms in total. The summed E-state index contributed by atoms with van der Waals surface area (Å²) in [5.41, 5.74) is -0.213. The van der Waals surface area contributed by atoms with Crippen molar-refractivity contribution in [3.8, 4) is 11.5 Å². The van der Waals surface area contributed by atoms with Crippen molar-refractivity contribution in [2.24, 2.45) is 0 Å². The predicted molar refractivity (Wildman–Crippen MR) is 181 cm³/mol. The minimum absolute atomic E-state index is 0.176. The Morgan fingerprint density at radius 3 is 0.891 bits per heavy atom. The molecule has 46 heavy (non-hydrogen) atoms. The Morgan fingerprint density at radius 1 is 0.478 bits per heavy atom. The van der Waals surface area contributed by atoms with Gasteiger partial charge in [0, 0.05) is 22.3 Å². The number of phenolic OH excluding ortho intramolecular Hbond substituents is 2. The van der Waals surface area contributed by atoms with Gasteiger partial charge < -0.3 is 10.2 Å². The van der Waals surface area contributed by atoms with Crippen LogP contribution in [0.5, 0.6) is 11.5 Å². The first-order chi connectivity index (χ1) is 20.5. The Bertz CT molecular complexity index is 1240. The van der Waals surface area contributed by atoms with Crippen molar-refractivity contribution in [3.63, 3.8) is 0 Å². The Hall–Kier alpha value is -3.10. The van der Waals surface area contributed by atoms with Gasteiger partial charge in [-0.05, 0) is 86.5 Å². The van der Waals surface area contributed by atoms with Crippen LogP contribution in [0.3, 0.4) is 0 Å². The molecule has 8 heteroatoms. The molecule has 258 valence electrons. The predicted octanol–water partition coefficient (Wildman–Crippen LogP) is 9.50. The van der Waals surface area contributed by atoms with Crippen LogP contribution in [0.2, 0.25) is 0 Å². The maximum Gasteiger partial charge on any atom is 0.373 e. The summed E-state index contributed by atoms with van der Waals surface area (Å²) < 4.78 is 0. The number of benzene rings is 2. The van der Waals surface area contributed by atoms with E-state index in [9.17, 15) is 19.8 Å². The third-order valence-electron chi connectivity index (χ3n) is 7.94. The molecular formula is C38H58O8. The van der Waals surface area contributed by atoms with E-state index in [1.54, 1.807) is 52.0 Å². The second-order valence-electron chi connectivity index (χ2n) is 17.8. The summed E-state index contributed by atoms with van der Waals surface area (Å²) in [6, 6.07) is 6.60. The summed E-state index contributed by atoms with van der Waals surface area (Å²) in [5.74, 6) is -0.968. The van der Waals surface area contributed by atoms with Crippen molar-refractivity contribution in [1.82, 2.24) is 0 Å². The zero-order valence-corrected chi connectivity index (χ0v) is 31.1. The number of hydrogen-bond acceptors (Lipinski definition) is 8. The van der Waals surface area contributed by atoms with Crippen LogP contribution >= 0.6 is 0 Å². The monoisotopic (exact) mass is 642 g/mol. The van der Waals surface area contributed by atoms with E-state index in [1.165, 1.54) is 0 Å². The third kappa shape index (κ3) is 10.2. The Balaban J connectivity index is 2.12. The van der Waals surface area contributed by atoms with E-state index in [0.29, 0.717) is 35.1 Å². The molecule has 2 aromatic carbocycles. The van der Waals surface area contributed by atoms with Crippen LogP contribution in [-0.4, -0.2) is 33.4 Å². The summed E-state index contributed by atoms with van der Waals surface area (Å²) in [6.07, 6.45) is 0.810. The van der Waals surface area contributed by atoms with Crippen LogP contribution in [0.15, 0.2) is 24.3 Å². The number of carbonyl (C=O) groups excluding carboxylic acids is 2. The summed E-state index contributed by atoms with van der Waals surface area (Å²) in [6.45, 7) is 30.8. The van der Waals surface area contributed by atoms with Gasteiger partial charge in [0.1, 0.15) is 22.7 Å². The fourth-order valence-corrected chi connectivity index (χ4v) is 4.87. The number of hydrogen-bond donors (Lipinski definition) is 2. The average Bonchev–Trinajstić information content (AvgIpc) is 2.87. The second-order valence-corrected chi connectivity index (χ2v) is 17.8. The van der Waals surface area contributed by atoms with Crippen LogP contribution < -0.4 is 0 Å². The van der Waals surface area contributed by atoms with Crippen LogP contribution in [0.4, 0.5) is 0 Å². The Labute approximate surface area is 276 Å². The lowest BCUT2D eigenvalue weighted by Gasteiger charge is -2.29. The molecule has 0 saturated heterocycles. The lowest BCUT2D eigenvalue weighted by atomic mass is 9.78. The number of phenols is 2. The molecule has 2 N–H and O–H groups in total. The summed E-state index contributed by atoms with van der Waals surface area (Å²) in [4.78, 5) is 48.1. The molecule has 0 fully saturated rings. The van der Waals surface area contributed by atoms with Crippen molar-refractivity contribution in [2.45, 2.75) is 156 Å². The third-order valence-corrected chi connectivity index (χ3v) is 7.94. The summed E-state index contributed by atoms with van der Waals surface area (Å²) in [7, 11) is 0. The molecule has 2 rings (SSSR count). The normalized spacial score (nSPS) is 13.5. The zero-order chi connectivity index (χ0) is 35.8. The number of aromatic hydroxyl groups is 2. The van der Waals surface area contributed by atoms with Crippen LogP contribution in [0.1, 0.15) is 167 Å². The van der Waals surface area contributed by atoms with Gasteiger partial charge in [-0.3, -0.25) is 9.78 Å². The number of carbonyl (C=O) groups is 2. The highest BCUT2D eigenvalue weighted by molar-refractivity contribution is 5.90. The van der Waals surface area contributed by atoms with Gasteiger partial charge in [-0.2, -0.15) is 9.78 Å². The van der Waals surface area contributed by atoms with E-state index in [-0.39, 0.29) is 22.6 Å². The van der Waals surface area contributed by atoms with E-state index in [4.69, 9.17) is 19.6 Å². The molecule has 0 radical (unpaired) electrons. The standard InChI is InChI=1S/C38H58O8/c1-33(2,3)25-19-23(20-26(29(25)39)34(4,5)6)31(41)43-45-37(13,14)17-18-38(15,16)46-44-32(42)24-21-27(35(7,8)9)30(40)28(22-24)36(10,11)12/h19-22,39-40H,17-18H2,1-16H3. The molecule has 0 saturated carbocycles. The lowest BCUT2D eigenvalue weighted by Crippen LogP contribution is -2.33. The van der Waals surface area contributed by atoms with Crippen LogP contribution in [-0.2, 0) is 41.2 Å². The molecular weight excluding hydrogens is 584 g/mol. The first-order valence-corrected chi connectivity index (χ1v) is 16.0. The average molecular weight is 643 g/mol. The van der Waals surface area contributed by atoms with Crippen molar-refractivity contribution in [1.29, 1.82) is 0 Å².